The lowest BCUT2D eigenvalue weighted by molar-refractivity contribution is 0.724. The van der Waals surface area contributed by atoms with Crippen LogP contribution in [0.4, 0.5) is 5.82 Å². The Morgan fingerprint density at radius 2 is 2.38 bits per heavy atom. The van der Waals surface area contributed by atoms with Crippen molar-refractivity contribution in [2.75, 3.05) is 18.0 Å². The molecule has 1 aliphatic rings. The van der Waals surface area contributed by atoms with Gasteiger partial charge in [0.1, 0.15) is 5.82 Å². The summed E-state index contributed by atoms with van der Waals surface area (Å²) in [6, 6.07) is 4.24. The number of nitrogens with zero attached hydrogens (tertiary/aromatic N) is 2. The summed E-state index contributed by atoms with van der Waals surface area (Å²) in [5, 5.41) is 0. The van der Waals surface area contributed by atoms with Crippen LogP contribution in [-0.2, 0) is 6.42 Å². The maximum absolute atomic E-state index is 4.46. The summed E-state index contributed by atoms with van der Waals surface area (Å²) >= 11 is 0. The van der Waals surface area contributed by atoms with E-state index in [1.165, 1.54) is 37.2 Å². The van der Waals surface area contributed by atoms with E-state index in [0.29, 0.717) is 0 Å². The molecule has 0 amide bonds. The van der Waals surface area contributed by atoms with Crippen molar-refractivity contribution >= 4 is 5.82 Å². The largest absolute Gasteiger partial charge is 0.357 e. The number of pyridine rings is 1. The Morgan fingerprint density at radius 3 is 3.23 bits per heavy atom. The van der Waals surface area contributed by atoms with Crippen molar-refractivity contribution in [3.8, 4) is 0 Å². The van der Waals surface area contributed by atoms with Crippen LogP contribution in [-0.4, -0.2) is 18.1 Å². The molecule has 0 saturated carbocycles. The molecule has 2 rings (SSSR count). The van der Waals surface area contributed by atoms with Crippen molar-refractivity contribution in [3.63, 3.8) is 0 Å². The highest BCUT2D eigenvalue weighted by Crippen LogP contribution is 2.22. The Labute approximate surface area is 79.6 Å². The molecule has 70 valence electrons. The van der Waals surface area contributed by atoms with E-state index in [9.17, 15) is 0 Å². The molecule has 0 spiro atoms. The molecule has 2 heterocycles. The molecule has 0 fully saturated rings. The maximum Gasteiger partial charge on any atom is 0.131 e. The van der Waals surface area contributed by atoms with Gasteiger partial charge in [0.15, 0.2) is 0 Å². The molecule has 0 atom stereocenters. The first kappa shape index (κ1) is 8.54. The highest BCUT2D eigenvalue weighted by molar-refractivity contribution is 5.47. The van der Waals surface area contributed by atoms with E-state index in [0.717, 1.165) is 6.54 Å². The average Bonchev–Trinajstić information content (AvgIpc) is 2.39. The first-order chi connectivity index (χ1) is 6.42. The number of rotatable bonds is 1. The smallest absolute Gasteiger partial charge is 0.131 e. The van der Waals surface area contributed by atoms with Crippen molar-refractivity contribution in [1.29, 1.82) is 0 Å². The van der Waals surface area contributed by atoms with Crippen molar-refractivity contribution in [2.45, 2.75) is 26.2 Å². The normalized spacial score (nSPS) is 16.5. The molecule has 0 aliphatic carbocycles. The number of aromatic nitrogens is 1. The van der Waals surface area contributed by atoms with Gasteiger partial charge < -0.3 is 4.90 Å². The summed E-state index contributed by atoms with van der Waals surface area (Å²) in [5.41, 5.74) is 1.42. The van der Waals surface area contributed by atoms with E-state index in [2.05, 4.69) is 22.9 Å². The Balaban J connectivity index is 2.35. The third kappa shape index (κ3) is 1.67. The van der Waals surface area contributed by atoms with Gasteiger partial charge in [-0.1, -0.05) is 6.07 Å². The lowest BCUT2D eigenvalue weighted by Crippen LogP contribution is -2.24. The second-order valence-corrected chi connectivity index (χ2v) is 3.52. The molecule has 0 N–H and O–H groups in total. The Kier molecular flexibility index (Phi) is 2.48. The van der Waals surface area contributed by atoms with Crippen LogP contribution < -0.4 is 4.90 Å². The van der Waals surface area contributed by atoms with Crippen LogP contribution in [0.3, 0.4) is 0 Å². The first-order valence-electron chi connectivity index (χ1n) is 5.10. The van der Waals surface area contributed by atoms with Gasteiger partial charge in [0, 0.05) is 19.3 Å². The fourth-order valence-electron chi connectivity index (χ4n) is 1.94. The van der Waals surface area contributed by atoms with E-state index < -0.39 is 0 Å². The molecular formula is C11H16N2. The van der Waals surface area contributed by atoms with Crippen molar-refractivity contribution in [1.82, 2.24) is 4.98 Å². The van der Waals surface area contributed by atoms with Crippen LogP contribution in [0.15, 0.2) is 18.3 Å². The molecule has 1 aromatic rings. The number of hydrogen-bond donors (Lipinski definition) is 0. The molecule has 1 aromatic heterocycles. The van der Waals surface area contributed by atoms with Gasteiger partial charge in [-0.05, 0) is 37.8 Å². The van der Waals surface area contributed by atoms with Gasteiger partial charge in [0.2, 0.25) is 0 Å². The highest BCUT2D eigenvalue weighted by atomic mass is 15.2. The Morgan fingerprint density at radius 1 is 1.46 bits per heavy atom. The zero-order valence-electron chi connectivity index (χ0n) is 8.16. The lowest BCUT2D eigenvalue weighted by Gasteiger charge is -2.21. The van der Waals surface area contributed by atoms with E-state index in [-0.39, 0.29) is 0 Å². The Hall–Kier alpha value is -1.05. The van der Waals surface area contributed by atoms with Crippen LogP contribution in [0.5, 0.6) is 0 Å². The Bertz CT molecular complexity index is 283. The minimum atomic E-state index is 1.07. The van der Waals surface area contributed by atoms with Crippen molar-refractivity contribution in [2.24, 2.45) is 0 Å². The van der Waals surface area contributed by atoms with Crippen LogP contribution in [0.2, 0.25) is 0 Å². The summed E-state index contributed by atoms with van der Waals surface area (Å²) in [7, 11) is 0. The summed E-state index contributed by atoms with van der Waals surface area (Å²) in [6.07, 6.45) is 5.69. The minimum Gasteiger partial charge on any atom is -0.357 e. The number of anilines is 1. The number of aryl methyl sites for hydroxylation is 1. The molecule has 2 nitrogen and oxygen atoms in total. The summed E-state index contributed by atoms with van der Waals surface area (Å²) in [6.45, 7) is 4.44. The monoisotopic (exact) mass is 176 g/mol. The van der Waals surface area contributed by atoms with Crippen molar-refractivity contribution < 1.29 is 0 Å². The zero-order valence-corrected chi connectivity index (χ0v) is 8.16. The quantitative estimate of drug-likeness (QED) is 0.652. The first-order valence-corrected chi connectivity index (χ1v) is 5.10. The molecule has 0 unspecified atom stereocenters. The van der Waals surface area contributed by atoms with Gasteiger partial charge in [-0.2, -0.15) is 0 Å². The summed E-state index contributed by atoms with van der Waals surface area (Å²) in [5.74, 6) is 1.21. The number of fused-ring (bicyclic) bond motifs is 1. The third-order valence-corrected chi connectivity index (χ3v) is 2.67. The predicted octanol–water partition coefficient (Wildman–Crippen LogP) is 2.24. The van der Waals surface area contributed by atoms with Crippen LogP contribution in [0.1, 0.15) is 25.3 Å². The van der Waals surface area contributed by atoms with Crippen molar-refractivity contribution in [3.05, 3.63) is 23.9 Å². The molecule has 13 heavy (non-hydrogen) atoms. The molecule has 1 aliphatic heterocycles. The maximum atomic E-state index is 4.46. The van der Waals surface area contributed by atoms with E-state index in [1.54, 1.807) is 0 Å². The van der Waals surface area contributed by atoms with Crippen LogP contribution >= 0.6 is 0 Å². The number of hydrogen-bond acceptors (Lipinski definition) is 2. The second kappa shape index (κ2) is 3.77. The molecule has 0 aromatic carbocycles. The fourth-order valence-corrected chi connectivity index (χ4v) is 1.94. The molecule has 0 radical (unpaired) electrons. The zero-order chi connectivity index (χ0) is 9.10. The van der Waals surface area contributed by atoms with Gasteiger partial charge >= 0.3 is 0 Å². The van der Waals surface area contributed by atoms with Crippen LogP contribution in [0.25, 0.3) is 0 Å². The molecule has 0 saturated heterocycles. The SMILES string of the molecule is CCN1CCCCc2cccnc21. The molecular weight excluding hydrogens is 160 g/mol. The fraction of sp³-hybridized carbons (Fsp3) is 0.545. The lowest BCUT2D eigenvalue weighted by atomic mass is 10.1. The van der Waals surface area contributed by atoms with Crippen LogP contribution in [0, 0.1) is 0 Å². The van der Waals surface area contributed by atoms with Gasteiger partial charge in [-0.15, -0.1) is 0 Å². The average molecular weight is 176 g/mol. The molecule has 0 bridgehead atoms. The van der Waals surface area contributed by atoms with E-state index in [1.807, 2.05) is 12.3 Å². The predicted molar refractivity (Wildman–Crippen MR) is 55.1 cm³/mol. The van der Waals surface area contributed by atoms with E-state index >= 15 is 0 Å². The second-order valence-electron chi connectivity index (χ2n) is 3.52. The van der Waals surface area contributed by atoms with Gasteiger partial charge in [0.05, 0.1) is 0 Å². The van der Waals surface area contributed by atoms with Gasteiger partial charge in [-0.3, -0.25) is 0 Å². The van der Waals surface area contributed by atoms with Gasteiger partial charge in [-0.25, -0.2) is 4.98 Å². The third-order valence-electron chi connectivity index (χ3n) is 2.67. The highest BCUT2D eigenvalue weighted by Gasteiger charge is 2.13. The standard InChI is InChI=1S/C11H16N2/c1-2-13-9-4-3-6-10-7-5-8-12-11(10)13/h5,7-8H,2-4,6,9H2,1H3. The summed E-state index contributed by atoms with van der Waals surface area (Å²) in [4.78, 5) is 6.83. The van der Waals surface area contributed by atoms with E-state index in [4.69, 9.17) is 0 Å². The molecule has 2 heteroatoms. The summed E-state index contributed by atoms with van der Waals surface area (Å²) < 4.78 is 0. The van der Waals surface area contributed by atoms with Gasteiger partial charge in [0.25, 0.3) is 0 Å². The topological polar surface area (TPSA) is 16.1 Å². The minimum absolute atomic E-state index is 1.07.